The lowest BCUT2D eigenvalue weighted by Crippen LogP contribution is -2.45. The summed E-state index contributed by atoms with van der Waals surface area (Å²) in [5, 5.41) is 14.2. The van der Waals surface area contributed by atoms with Gasteiger partial charge in [-0.1, -0.05) is 6.92 Å². The molecule has 6 heteroatoms. The zero-order valence-electron chi connectivity index (χ0n) is 12.2. The van der Waals surface area contributed by atoms with Crippen molar-refractivity contribution in [2.24, 2.45) is 11.7 Å². The van der Waals surface area contributed by atoms with Crippen LogP contribution in [0.25, 0.3) is 0 Å². The Morgan fingerprint density at radius 1 is 1.60 bits per heavy atom. The van der Waals surface area contributed by atoms with E-state index >= 15 is 0 Å². The topological polar surface area (TPSA) is 84.4 Å². The highest BCUT2D eigenvalue weighted by molar-refractivity contribution is 5.95. The number of nitrogens with two attached hydrogens (primary N) is 1. The van der Waals surface area contributed by atoms with Crippen LogP contribution in [0.5, 0.6) is 0 Å². The monoisotopic (exact) mass is 280 g/mol. The third-order valence-corrected chi connectivity index (χ3v) is 4.11. The second kappa shape index (κ2) is 6.37. The van der Waals surface area contributed by atoms with E-state index in [2.05, 4.69) is 5.10 Å². The number of nitrogens with zero attached hydrogens (tertiary/aromatic N) is 3. The number of amides is 1. The third-order valence-electron chi connectivity index (χ3n) is 4.11. The molecule has 2 atom stereocenters. The number of rotatable bonds is 4. The highest BCUT2D eigenvalue weighted by atomic mass is 16.3. The van der Waals surface area contributed by atoms with Crippen LogP contribution in [0.3, 0.4) is 0 Å². The molecule has 2 heterocycles. The fourth-order valence-corrected chi connectivity index (χ4v) is 2.53. The highest BCUT2D eigenvalue weighted by Crippen LogP contribution is 2.20. The van der Waals surface area contributed by atoms with Crippen molar-refractivity contribution in [1.82, 2.24) is 14.7 Å². The van der Waals surface area contributed by atoms with Gasteiger partial charge in [-0.15, -0.1) is 0 Å². The summed E-state index contributed by atoms with van der Waals surface area (Å²) in [4.78, 5) is 14.2. The number of carbonyl (C=O) groups excluding carboxylic acids is 1. The molecule has 0 saturated carbocycles. The van der Waals surface area contributed by atoms with E-state index in [0.29, 0.717) is 25.2 Å². The quantitative estimate of drug-likeness (QED) is 0.835. The van der Waals surface area contributed by atoms with Gasteiger partial charge in [0.15, 0.2) is 0 Å². The van der Waals surface area contributed by atoms with Gasteiger partial charge in [0.05, 0.1) is 17.9 Å². The van der Waals surface area contributed by atoms with Crippen molar-refractivity contribution in [3.05, 3.63) is 17.5 Å². The average Bonchev–Trinajstić information content (AvgIpc) is 2.80. The van der Waals surface area contributed by atoms with Crippen LogP contribution in [0.1, 0.15) is 35.8 Å². The van der Waals surface area contributed by atoms with E-state index < -0.39 is 6.10 Å². The van der Waals surface area contributed by atoms with Crippen LogP contribution in [0.4, 0.5) is 0 Å². The van der Waals surface area contributed by atoms with Crippen molar-refractivity contribution in [1.29, 1.82) is 0 Å². The van der Waals surface area contributed by atoms with E-state index in [-0.39, 0.29) is 11.8 Å². The number of β-amino-alcohol motifs (C(OH)–C–C–N with tert-alkyl or cyclic N) is 1. The van der Waals surface area contributed by atoms with Gasteiger partial charge in [0.1, 0.15) is 0 Å². The standard InChI is InChI=1S/C14H24N4O2/c1-10-4-7-17(9-13(10)19)14(20)12-8-16-18(11(12)2)6-3-5-15/h8,10,13,19H,3-7,9,15H2,1-2H3. The lowest BCUT2D eigenvalue weighted by atomic mass is 9.95. The number of carbonyl (C=O) groups is 1. The summed E-state index contributed by atoms with van der Waals surface area (Å²) in [6.45, 7) is 6.37. The third kappa shape index (κ3) is 3.02. The first kappa shape index (κ1) is 15.0. The summed E-state index contributed by atoms with van der Waals surface area (Å²) in [6, 6.07) is 0. The molecule has 3 N–H and O–H groups in total. The van der Waals surface area contributed by atoms with Gasteiger partial charge >= 0.3 is 0 Å². The van der Waals surface area contributed by atoms with Crippen LogP contribution in [0.15, 0.2) is 6.20 Å². The van der Waals surface area contributed by atoms with E-state index in [1.165, 1.54) is 0 Å². The van der Waals surface area contributed by atoms with Crippen molar-refractivity contribution in [2.75, 3.05) is 19.6 Å². The van der Waals surface area contributed by atoms with Crippen molar-refractivity contribution in [2.45, 2.75) is 39.3 Å². The second-order valence-electron chi connectivity index (χ2n) is 5.59. The zero-order valence-corrected chi connectivity index (χ0v) is 12.2. The van der Waals surface area contributed by atoms with Crippen LogP contribution < -0.4 is 5.73 Å². The Balaban J connectivity index is 2.07. The number of aliphatic hydroxyl groups is 1. The van der Waals surface area contributed by atoms with Crippen molar-refractivity contribution in [3.8, 4) is 0 Å². The summed E-state index contributed by atoms with van der Waals surface area (Å²) >= 11 is 0. The van der Waals surface area contributed by atoms with Crippen LogP contribution in [0.2, 0.25) is 0 Å². The Hall–Kier alpha value is -1.40. The lowest BCUT2D eigenvalue weighted by Gasteiger charge is -2.34. The molecule has 1 aromatic heterocycles. The van der Waals surface area contributed by atoms with Crippen LogP contribution in [-0.2, 0) is 6.54 Å². The predicted molar refractivity (Wildman–Crippen MR) is 76.3 cm³/mol. The summed E-state index contributed by atoms with van der Waals surface area (Å²) < 4.78 is 1.82. The maximum Gasteiger partial charge on any atom is 0.257 e. The molecular weight excluding hydrogens is 256 g/mol. The van der Waals surface area contributed by atoms with Gasteiger partial charge in [0.2, 0.25) is 0 Å². The molecule has 0 radical (unpaired) electrons. The van der Waals surface area contributed by atoms with Crippen LogP contribution in [0, 0.1) is 12.8 Å². The van der Waals surface area contributed by atoms with Crippen LogP contribution >= 0.6 is 0 Å². The van der Waals surface area contributed by atoms with Crippen molar-refractivity contribution < 1.29 is 9.90 Å². The molecule has 1 fully saturated rings. The molecule has 1 amide bonds. The summed E-state index contributed by atoms with van der Waals surface area (Å²) in [5.41, 5.74) is 6.99. The Labute approximate surface area is 119 Å². The van der Waals surface area contributed by atoms with Crippen LogP contribution in [-0.4, -0.2) is 51.4 Å². The number of aliphatic hydroxyl groups excluding tert-OH is 1. The minimum absolute atomic E-state index is 0.0348. The summed E-state index contributed by atoms with van der Waals surface area (Å²) in [6.07, 6.45) is 2.88. The van der Waals surface area contributed by atoms with E-state index in [9.17, 15) is 9.90 Å². The molecule has 2 unspecified atom stereocenters. The number of hydrogen-bond acceptors (Lipinski definition) is 4. The van der Waals surface area contributed by atoms with Gasteiger partial charge in [0.25, 0.3) is 5.91 Å². The fourth-order valence-electron chi connectivity index (χ4n) is 2.53. The minimum Gasteiger partial charge on any atom is -0.391 e. The Bertz CT molecular complexity index is 472. The largest absolute Gasteiger partial charge is 0.391 e. The molecule has 1 saturated heterocycles. The molecule has 1 aliphatic rings. The molecule has 20 heavy (non-hydrogen) atoms. The molecule has 112 valence electrons. The number of likely N-dealkylation sites (tertiary alicyclic amines) is 1. The maximum absolute atomic E-state index is 12.5. The van der Waals surface area contributed by atoms with E-state index in [1.54, 1.807) is 11.1 Å². The Morgan fingerprint density at radius 3 is 3.00 bits per heavy atom. The number of hydrogen-bond donors (Lipinski definition) is 2. The highest BCUT2D eigenvalue weighted by Gasteiger charge is 2.29. The molecule has 0 aliphatic carbocycles. The molecule has 6 nitrogen and oxygen atoms in total. The van der Waals surface area contributed by atoms with Gasteiger partial charge in [0, 0.05) is 25.3 Å². The van der Waals surface area contributed by atoms with Crippen molar-refractivity contribution in [3.63, 3.8) is 0 Å². The second-order valence-corrected chi connectivity index (χ2v) is 5.59. The normalized spacial score (nSPS) is 23.1. The number of aryl methyl sites for hydroxylation is 1. The number of aromatic nitrogens is 2. The molecular formula is C14H24N4O2. The summed E-state index contributed by atoms with van der Waals surface area (Å²) in [5.74, 6) is 0.222. The van der Waals surface area contributed by atoms with E-state index in [1.807, 2.05) is 18.5 Å². The average molecular weight is 280 g/mol. The SMILES string of the molecule is Cc1c(C(=O)N2CCC(C)C(O)C2)cnn1CCCN. The smallest absolute Gasteiger partial charge is 0.257 e. The molecule has 2 rings (SSSR count). The predicted octanol–water partition coefficient (Wildman–Crippen LogP) is 0.383. The Kier molecular flexibility index (Phi) is 4.77. The molecule has 0 spiro atoms. The maximum atomic E-state index is 12.5. The molecule has 1 aromatic rings. The first-order valence-electron chi connectivity index (χ1n) is 7.24. The fraction of sp³-hybridized carbons (Fsp3) is 0.714. The van der Waals surface area contributed by atoms with Gasteiger partial charge in [-0.05, 0) is 32.2 Å². The zero-order chi connectivity index (χ0) is 14.7. The lowest BCUT2D eigenvalue weighted by molar-refractivity contribution is 0.0248. The minimum atomic E-state index is -0.430. The van der Waals surface area contributed by atoms with E-state index in [4.69, 9.17) is 5.73 Å². The molecule has 0 aromatic carbocycles. The van der Waals surface area contributed by atoms with Gasteiger partial charge in [-0.2, -0.15) is 5.10 Å². The summed E-state index contributed by atoms with van der Waals surface area (Å²) in [7, 11) is 0. The van der Waals surface area contributed by atoms with Gasteiger partial charge in [-0.25, -0.2) is 0 Å². The van der Waals surface area contributed by atoms with Gasteiger partial charge < -0.3 is 15.7 Å². The number of piperidine rings is 1. The molecule has 0 bridgehead atoms. The first-order chi connectivity index (χ1) is 9.54. The van der Waals surface area contributed by atoms with E-state index in [0.717, 1.165) is 25.1 Å². The van der Waals surface area contributed by atoms with Crippen molar-refractivity contribution >= 4 is 5.91 Å². The Morgan fingerprint density at radius 2 is 2.35 bits per heavy atom. The molecule has 1 aliphatic heterocycles. The first-order valence-corrected chi connectivity index (χ1v) is 7.24. The van der Waals surface area contributed by atoms with Gasteiger partial charge in [-0.3, -0.25) is 9.48 Å².